The summed E-state index contributed by atoms with van der Waals surface area (Å²) in [5, 5.41) is 8.56. The topological polar surface area (TPSA) is 63.1 Å². The van der Waals surface area contributed by atoms with Crippen molar-refractivity contribution in [1.29, 1.82) is 0 Å². The Kier molecular flexibility index (Phi) is 2.15. The summed E-state index contributed by atoms with van der Waals surface area (Å²) in [5.41, 5.74) is 0. The van der Waals surface area contributed by atoms with Gasteiger partial charge in [0, 0.05) is 12.4 Å². The fourth-order valence-corrected chi connectivity index (χ4v) is 0.645. The Labute approximate surface area is 63.9 Å². The van der Waals surface area contributed by atoms with E-state index in [0.29, 0.717) is 5.82 Å². The Hall–Kier alpha value is -1.45. The van der Waals surface area contributed by atoms with Gasteiger partial charge in [0.05, 0.1) is 0 Å². The highest BCUT2D eigenvalue weighted by molar-refractivity contribution is 5.74. The first-order chi connectivity index (χ1) is 5.22. The maximum absolute atomic E-state index is 10.4. The van der Waals surface area contributed by atoms with Crippen molar-refractivity contribution in [2.45, 2.75) is 12.8 Å². The van der Waals surface area contributed by atoms with Gasteiger partial charge in [-0.2, -0.15) is 0 Å². The second kappa shape index (κ2) is 3.09. The smallest absolute Gasteiger partial charge is 0.313 e. The molecule has 11 heavy (non-hydrogen) atoms. The van der Waals surface area contributed by atoms with Crippen LogP contribution in [0.15, 0.2) is 18.5 Å². The van der Waals surface area contributed by atoms with Crippen LogP contribution in [0.3, 0.4) is 0 Å². The highest BCUT2D eigenvalue weighted by Gasteiger charge is 2.15. The fraction of sp³-hybridized carbons (Fsp3) is 0.286. The van der Waals surface area contributed by atoms with Gasteiger partial charge in [0.15, 0.2) is 0 Å². The van der Waals surface area contributed by atoms with Gasteiger partial charge < -0.3 is 5.11 Å². The third-order valence-corrected chi connectivity index (χ3v) is 1.34. The van der Waals surface area contributed by atoms with Crippen molar-refractivity contribution in [1.82, 2.24) is 9.97 Å². The van der Waals surface area contributed by atoms with Gasteiger partial charge in [0.25, 0.3) is 0 Å². The van der Waals surface area contributed by atoms with Crippen LogP contribution in [-0.4, -0.2) is 21.0 Å². The molecule has 0 amide bonds. The summed E-state index contributed by atoms with van der Waals surface area (Å²) in [6, 6.07) is 1.65. The summed E-state index contributed by atoms with van der Waals surface area (Å²) in [7, 11) is 0. The summed E-state index contributed by atoms with van der Waals surface area (Å²) in [6.07, 6.45) is 3.06. The highest BCUT2D eigenvalue weighted by Crippen LogP contribution is 2.07. The Morgan fingerprint density at radius 1 is 1.55 bits per heavy atom. The molecule has 0 aliphatic rings. The predicted molar refractivity (Wildman–Crippen MR) is 38.1 cm³/mol. The lowest BCUT2D eigenvalue weighted by molar-refractivity contribution is -0.138. The number of aromatic nitrogens is 2. The average Bonchev–Trinajstić information content (AvgIpc) is 2.05. The van der Waals surface area contributed by atoms with Crippen LogP contribution in [0.25, 0.3) is 0 Å². The number of aliphatic carboxylic acids is 1. The fourth-order valence-electron chi connectivity index (χ4n) is 0.645. The van der Waals surface area contributed by atoms with Gasteiger partial charge in [-0.05, 0) is 13.0 Å². The lowest BCUT2D eigenvalue weighted by Crippen LogP contribution is -2.10. The first-order valence-electron chi connectivity index (χ1n) is 3.21. The quantitative estimate of drug-likeness (QED) is 0.676. The second-order valence-electron chi connectivity index (χ2n) is 2.17. The van der Waals surface area contributed by atoms with Crippen LogP contribution >= 0.6 is 0 Å². The van der Waals surface area contributed by atoms with E-state index in [1.807, 2.05) is 0 Å². The normalized spacial score (nSPS) is 12.5. The molecule has 4 nitrogen and oxygen atoms in total. The van der Waals surface area contributed by atoms with E-state index in [1.165, 1.54) is 12.4 Å². The Morgan fingerprint density at radius 3 is 2.55 bits per heavy atom. The minimum Gasteiger partial charge on any atom is -0.481 e. The lowest BCUT2D eigenvalue weighted by atomic mass is 10.2. The van der Waals surface area contributed by atoms with Crippen LogP contribution in [-0.2, 0) is 4.79 Å². The molecule has 0 bridgehead atoms. The molecule has 1 rings (SSSR count). The first-order valence-corrected chi connectivity index (χ1v) is 3.21. The highest BCUT2D eigenvalue weighted by atomic mass is 16.4. The maximum atomic E-state index is 10.4. The van der Waals surface area contributed by atoms with E-state index in [1.54, 1.807) is 13.0 Å². The van der Waals surface area contributed by atoms with E-state index in [0.717, 1.165) is 0 Å². The molecule has 1 heterocycles. The molecule has 0 aliphatic heterocycles. The van der Waals surface area contributed by atoms with E-state index in [2.05, 4.69) is 9.97 Å². The Balaban J connectivity index is 2.85. The zero-order chi connectivity index (χ0) is 8.27. The number of hydrogen-bond acceptors (Lipinski definition) is 3. The minimum atomic E-state index is -0.906. The molecule has 0 aromatic carbocycles. The van der Waals surface area contributed by atoms with Crippen molar-refractivity contribution in [2.75, 3.05) is 0 Å². The summed E-state index contributed by atoms with van der Waals surface area (Å²) >= 11 is 0. The zero-order valence-electron chi connectivity index (χ0n) is 6.06. The van der Waals surface area contributed by atoms with Crippen molar-refractivity contribution in [3.63, 3.8) is 0 Å². The summed E-state index contributed by atoms with van der Waals surface area (Å²) < 4.78 is 0. The molecule has 4 heteroatoms. The van der Waals surface area contributed by atoms with Crippen molar-refractivity contribution in [3.8, 4) is 0 Å². The van der Waals surface area contributed by atoms with Gasteiger partial charge in [0.2, 0.25) is 0 Å². The number of carboxylic acid groups (broad SMARTS) is 1. The van der Waals surface area contributed by atoms with E-state index in [9.17, 15) is 4.79 Å². The second-order valence-corrected chi connectivity index (χ2v) is 2.17. The Morgan fingerprint density at radius 2 is 2.09 bits per heavy atom. The van der Waals surface area contributed by atoms with Crippen LogP contribution in [0.5, 0.6) is 0 Å². The van der Waals surface area contributed by atoms with Crippen molar-refractivity contribution >= 4 is 5.97 Å². The minimum absolute atomic E-state index is 0.347. The van der Waals surface area contributed by atoms with Crippen LogP contribution < -0.4 is 0 Å². The molecular formula is C7H8N2O2. The number of hydrogen-bond donors (Lipinski definition) is 1. The molecule has 0 unspecified atom stereocenters. The molecule has 0 spiro atoms. The van der Waals surface area contributed by atoms with Gasteiger partial charge in [-0.25, -0.2) is 9.97 Å². The van der Waals surface area contributed by atoms with Crippen LogP contribution in [0.2, 0.25) is 0 Å². The molecule has 0 saturated carbocycles. The van der Waals surface area contributed by atoms with E-state index in [-0.39, 0.29) is 0 Å². The molecule has 0 fully saturated rings. The summed E-state index contributed by atoms with van der Waals surface area (Å²) in [5.74, 6) is -1.19. The summed E-state index contributed by atoms with van der Waals surface area (Å²) in [6.45, 7) is 1.55. The largest absolute Gasteiger partial charge is 0.481 e. The van der Waals surface area contributed by atoms with Gasteiger partial charge in [-0.3, -0.25) is 4.79 Å². The molecule has 1 N–H and O–H groups in total. The molecular weight excluding hydrogens is 144 g/mol. The number of nitrogens with zero attached hydrogens (tertiary/aromatic N) is 2. The van der Waals surface area contributed by atoms with E-state index < -0.39 is 11.9 Å². The third-order valence-electron chi connectivity index (χ3n) is 1.34. The molecule has 0 radical (unpaired) electrons. The van der Waals surface area contributed by atoms with Crippen LogP contribution in [0, 0.1) is 0 Å². The molecule has 1 atom stereocenters. The molecule has 0 aliphatic carbocycles. The maximum Gasteiger partial charge on any atom is 0.313 e. The third kappa shape index (κ3) is 1.73. The average molecular weight is 152 g/mol. The van der Waals surface area contributed by atoms with Crippen LogP contribution in [0.1, 0.15) is 18.7 Å². The zero-order valence-corrected chi connectivity index (χ0v) is 6.06. The van der Waals surface area contributed by atoms with Gasteiger partial charge in [-0.1, -0.05) is 0 Å². The molecule has 1 aromatic heterocycles. The van der Waals surface area contributed by atoms with Crippen molar-refractivity contribution in [3.05, 3.63) is 24.3 Å². The van der Waals surface area contributed by atoms with Crippen LogP contribution in [0.4, 0.5) is 0 Å². The molecule has 58 valence electrons. The number of carbonyl (C=O) groups is 1. The monoisotopic (exact) mass is 152 g/mol. The molecule has 0 saturated heterocycles. The number of rotatable bonds is 2. The molecule has 1 aromatic rings. The van der Waals surface area contributed by atoms with Crippen molar-refractivity contribution < 1.29 is 9.90 Å². The van der Waals surface area contributed by atoms with E-state index in [4.69, 9.17) is 5.11 Å². The van der Waals surface area contributed by atoms with E-state index >= 15 is 0 Å². The van der Waals surface area contributed by atoms with Crippen molar-refractivity contribution in [2.24, 2.45) is 0 Å². The van der Waals surface area contributed by atoms with Gasteiger partial charge in [0.1, 0.15) is 11.7 Å². The first kappa shape index (κ1) is 7.65. The Bertz CT molecular complexity index is 248. The number of carboxylic acids is 1. The predicted octanol–water partition coefficient (Wildman–Crippen LogP) is 0.665. The SMILES string of the molecule is C[C@H](C(=O)O)c1ncccn1. The standard InChI is InChI=1S/C7H8N2O2/c1-5(7(10)11)6-8-3-2-4-9-6/h2-5H,1H3,(H,10,11)/t5-/m0/s1. The lowest BCUT2D eigenvalue weighted by Gasteiger charge is -2.01. The van der Waals surface area contributed by atoms with Gasteiger partial charge >= 0.3 is 5.97 Å². The summed E-state index contributed by atoms with van der Waals surface area (Å²) in [4.78, 5) is 18.0. The van der Waals surface area contributed by atoms with Gasteiger partial charge in [-0.15, -0.1) is 0 Å².